The van der Waals surface area contributed by atoms with Crippen LogP contribution in [0.4, 0.5) is 0 Å². The molecule has 2 heterocycles. The van der Waals surface area contributed by atoms with Crippen LogP contribution in [0.1, 0.15) is 31.5 Å². The third kappa shape index (κ3) is 3.55. The smallest absolute Gasteiger partial charge is 0.252 e. The third-order valence-corrected chi connectivity index (χ3v) is 3.20. The van der Waals surface area contributed by atoms with Crippen LogP contribution in [0.15, 0.2) is 4.42 Å². The van der Waals surface area contributed by atoms with Crippen LogP contribution in [0.5, 0.6) is 0 Å². The van der Waals surface area contributed by atoms with Crippen molar-refractivity contribution in [3.05, 3.63) is 11.8 Å². The molecule has 0 radical (unpaired) electrons. The lowest BCUT2D eigenvalue weighted by atomic mass is 10.2. The highest BCUT2D eigenvalue weighted by atomic mass is 16.5. The van der Waals surface area contributed by atoms with Crippen LogP contribution in [0.25, 0.3) is 0 Å². The molecule has 1 aliphatic heterocycles. The first kappa shape index (κ1) is 14.9. The van der Waals surface area contributed by atoms with Gasteiger partial charge in [0.25, 0.3) is 5.91 Å². The summed E-state index contributed by atoms with van der Waals surface area (Å²) in [5.41, 5.74) is 0. The second-order valence-electron chi connectivity index (χ2n) is 5.52. The average Bonchev–Trinajstić information content (AvgIpc) is 2.86. The second-order valence-corrected chi connectivity index (χ2v) is 5.52. The summed E-state index contributed by atoms with van der Waals surface area (Å²) in [6.07, 6.45) is -0.411. The Morgan fingerprint density at radius 1 is 1.45 bits per heavy atom. The van der Waals surface area contributed by atoms with Gasteiger partial charge in [-0.2, -0.15) is 0 Å². The van der Waals surface area contributed by atoms with Crippen molar-refractivity contribution in [1.29, 1.82) is 0 Å². The molecule has 2 rings (SSSR count). The van der Waals surface area contributed by atoms with Crippen molar-refractivity contribution in [3.8, 4) is 0 Å². The van der Waals surface area contributed by atoms with Gasteiger partial charge in [-0.3, -0.25) is 9.69 Å². The van der Waals surface area contributed by atoms with E-state index in [2.05, 4.69) is 15.1 Å². The Morgan fingerprint density at radius 3 is 2.80 bits per heavy atom. The SMILES string of the molecule is CC(C)c1nnc(CN2CCOC(C(=O)N(C)C)C2)o1. The molecule has 0 N–H and O–H groups in total. The summed E-state index contributed by atoms with van der Waals surface area (Å²) < 4.78 is 11.1. The van der Waals surface area contributed by atoms with E-state index in [4.69, 9.17) is 9.15 Å². The molecule has 0 bridgehead atoms. The van der Waals surface area contributed by atoms with Crippen molar-refractivity contribution in [1.82, 2.24) is 20.0 Å². The molecule has 7 nitrogen and oxygen atoms in total. The van der Waals surface area contributed by atoms with Crippen LogP contribution in [0.3, 0.4) is 0 Å². The first-order valence-electron chi connectivity index (χ1n) is 6.84. The maximum Gasteiger partial charge on any atom is 0.252 e. The molecule has 0 aromatic carbocycles. The monoisotopic (exact) mass is 282 g/mol. The molecule has 1 aromatic rings. The van der Waals surface area contributed by atoms with Gasteiger partial charge in [-0.15, -0.1) is 10.2 Å². The summed E-state index contributed by atoms with van der Waals surface area (Å²) >= 11 is 0. The fourth-order valence-corrected chi connectivity index (χ4v) is 2.04. The molecule has 0 aliphatic carbocycles. The number of ether oxygens (including phenoxy) is 1. The molecule has 1 fully saturated rings. The van der Waals surface area contributed by atoms with Crippen molar-refractivity contribution in [2.24, 2.45) is 0 Å². The third-order valence-electron chi connectivity index (χ3n) is 3.20. The van der Waals surface area contributed by atoms with Crippen LogP contribution >= 0.6 is 0 Å². The average molecular weight is 282 g/mol. The van der Waals surface area contributed by atoms with Crippen molar-refractivity contribution in [3.63, 3.8) is 0 Å². The lowest BCUT2D eigenvalue weighted by Crippen LogP contribution is -2.49. The summed E-state index contributed by atoms with van der Waals surface area (Å²) in [5.74, 6) is 1.45. The highest BCUT2D eigenvalue weighted by Crippen LogP contribution is 2.15. The minimum absolute atomic E-state index is 0.0110. The maximum absolute atomic E-state index is 11.9. The zero-order valence-corrected chi connectivity index (χ0v) is 12.5. The highest BCUT2D eigenvalue weighted by Gasteiger charge is 2.28. The van der Waals surface area contributed by atoms with Crippen LogP contribution in [0, 0.1) is 0 Å². The Hall–Kier alpha value is -1.47. The van der Waals surface area contributed by atoms with Gasteiger partial charge < -0.3 is 14.1 Å². The first-order valence-corrected chi connectivity index (χ1v) is 6.84. The lowest BCUT2D eigenvalue weighted by molar-refractivity contribution is -0.147. The van der Waals surface area contributed by atoms with Gasteiger partial charge in [-0.05, 0) is 0 Å². The van der Waals surface area contributed by atoms with Gasteiger partial charge in [0.1, 0.15) is 6.10 Å². The van der Waals surface area contributed by atoms with E-state index < -0.39 is 6.10 Å². The number of rotatable bonds is 4. The van der Waals surface area contributed by atoms with Gasteiger partial charge in [-0.1, -0.05) is 13.8 Å². The van der Waals surface area contributed by atoms with Crippen LogP contribution in [0.2, 0.25) is 0 Å². The molecular formula is C13H22N4O3. The number of nitrogens with zero attached hydrogens (tertiary/aromatic N) is 4. The van der Waals surface area contributed by atoms with Crippen LogP contribution in [-0.2, 0) is 16.1 Å². The standard InChI is InChI=1S/C13H22N4O3/c1-9(2)12-15-14-11(20-12)8-17-5-6-19-10(7-17)13(18)16(3)4/h9-10H,5-8H2,1-4H3. The topological polar surface area (TPSA) is 71.7 Å². The first-order chi connectivity index (χ1) is 9.47. The summed E-state index contributed by atoms with van der Waals surface area (Å²) in [5, 5.41) is 8.06. The molecule has 1 atom stereocenters. The number of carbonyl (C=O) groups excluding carboxylic acids is 1. The molecule has 1 unspecified atom stereocenters. The van der Waals surface area contributed by atoms with Crippen molar-refractivity contribution >= 4 is 5.91 Å². The molecule has 7 heteroatoms. The number of aromatic nitrogens is 2. The number of likely N-dealkylation sites (N-methyl/N-ethyl adjacent to an activating group) is 1. The van der Waals surface area contributed by atoms with Gasteiger partial charge in [-0.25, -0.2) is 0 Å². The van der Waals surface area contributed by atoms with E-state index in [1.165, 1.54) is 0 Å². The molecule has 1 aliphatic rings. The Kier molecular flexibility index (Phi) is 4.72. The van der Waals surface area contributed by atoms with Gasteiger partial charge in [0.15, 0.2) is 0 Å². The van der Waals surface area contributed by atoms with Crippen LogP contribution in [-0.4, -0.2) is 65.8 Å². The zero-order valence-electron chi connectivity index (χ0n) is 12.5. The molecule has 0 spiro atoms. The quantitative estimate of drug-likeness (QED) is 0.800. The molecule has 0 saturated carbocycles. The van der Waals surface area contributed by atoms with E-state index in [1.807, 2.05) is 13.8 Å². The molecule has 1 saturated heterocycles. The summed E-state index contributed by atoms with van der Waals surface area (Å²) in [6.45, 7) is 6.43. The number of hydrogen-bond acceptors (Lipinski definition) is 6. The summed E-state index contributed by atoms with van der Waals surface area (Å²) in [4.78, 5) is 15.6. The van der Waals surface area contributed by atoms with Gasteiger partial charge in [0.05, 0.1) is 13.2 Å². The van der Waals surface area contributed by atoms with Crippen molar-refractivity contribution < 1.29 is 13.9 Å². The Morgan fingerprint density at radius 2 is 2.20 bits per heavy atom. The fraction of sp³-hybridized carbons (Fsp3) is 0.769. The van der Waals surface area contributed by atoms with Gasteiger partial charge >= 0.3 is 0 Å². The highest BCUT2D eigenvalue weighted by molar-refractivity contribution is 5.80. The van der Waals surface area contributed by atoms with Crippen molar-refractivity contribution in [2.75, 3.05) is 33.8 Å². The van der Waals surface area contributed by atoms with E-state index >= 15 is 0 Å². The Bertz CT molecular complexity index is 458. The lowest BCUT2D eigenvalue weighted by Gasteiger charge is -2.32. The predicted octanol–water partition coefficient (Wildman–Crippen LogP) is 0.482. The Labute approximate surface area is 118 Å². The molecule has 1 aromatic heterocycles. The van der Waals surface area contributed by atoms with Gasteiger partial charge in [0, 0.05) is 33.1 Å². The number of amides is 1. The minimum atomic E-state index is -0.411. The maximum atomic E-state index is 11.9. The number of morpholine rings is 1. The van der Waals surface area contributed by atoms with E-state index in [1.54, 1.807) is 19.0 Å². The largest absolute Gasteiger partial charge is 0.424 e. The molecular weight excluding hydrogens is 260 g/mol. The van der Waals surface area contributed by atoms with E-state index in [0.717, 1.165) is 6.54 Å². The zero-order chi connectivity index (χ0) is 14.7. The Balaban J connectivity index is 1.93. The van der Waals surface area contributed by atoms with E-state index in [0.29, 0.717) is 31.5 Å². The van der Waals surface area contributed by atoms with Crippen molar-refractivity contribution in [2.45, 2.75) is 32.4 Å². The van der Waals surface area contributed by atoms with Crippen LogP contribution < -0.4 is 0 Å². The van der Waals surface area contributed by atoms with E-state index in [-0.39, 0.29) is 11.8 Å². The molecule has 1 amide bonds. The number of hydrogen-bond donors (Lipinski definition) is 0. The minimum Gasteiger partial charge on any atom is -0.424 e. The fourth-order valence-electron chi connectivity index (χ4n) is 2.04. The second kappa shape index (κ2) is 6.32. The normalized spacial score (nSPS) is 20.4. The van der Waals surface area contributed by atoms with Gasteiger partial charge in [0.2, 0.25) is 11.8 Å². The summed E-state index contributed by atoms with van der Waals surface area (Å²) in [7, 11) is 3.47. The predicted molar refractivity (Wildman–Crippen MR) is 72.1 cm³/mol. The molecule has 20 heavy (non-hydrogen) atoms. The summed E-state index contributed by atoms with van der Waals surface area (Å²) in [6, 6.07) is 0. The van der Waals surface area contributed by atoms with E-state index in [9.17, 15) is 4.79 Å². The number of carbonyl (C=O) groups is 1. The molecule has 112 valence electrons.